The quantitative estimate of drug-likeness (QED) is 0.925. The van der Waals surface area contributed by atoms with Gasteiger partial charge in [-0.3, -0.25) is 0 Å². The van der Waals surface area contributed by atoms with E-state index in [1.54, 1.807) is 11.3 Å². The predicted molar refractivity (Wildman–Crippen MR) is 88.0 cm³/mol. The summed E-state index contributed by atoms with van der Waals surface area (Å²) in [6, 6.07) is 5.86. The van der Waals surface area contributed by atoms with Gasteiger partial charge in [0, 0.05) is 11.6 Å². The van der Waals surface area contributed by atoms with Gasteiger partial charge in [0.05, 0.1) is 10.2 Å². The number of hydrogen-bond donors (Lipinski definition) is 1. The van der Waals surface area contributed by atoms with Gasteiger partial charge in [0.1, 0.15) is 0 Å². The standard InChI is InChI=1S/C15H20ClN3S/c1-15(5-7-19(2)8-6-15)10-17-14-18-12-4-3-11(16)9-13(12)20-14/h3-4,9H,5-8,10H2,1-2H3,(H,17,18). The summed E-state index contributed by atoms with van der Waals surface area (Å²) in [5.41, 5.74) is 1.40. The van der Waals surface area contributed by atoms with Crippen molar-refractivity contribution >= 4 is 38.3 Å². The number of halogens is 1. The van der Waals surface area contributed by atoms with Crippen LogP contribution in [0, 0.1) is 5.41 Å². The van der Waals surface area contributed by atoms with Gasteiger partial charge in [-0.2, -0.15) is 0 Å². The number of anilines is 1. The average molecular weight is 310 g/mol. The van der Waals surface area contributed by atoms with E-state index < -0.39 is 0 Å². The van der Waals surface area contributed by atoms with Crippen LogP contribution in [0.25, 0.3) is 10.2 Å². The molecule has 2 aromatic rings. The summed E-state index contributed by atoms with van der Waals surface area (Å²) >= 11 is 7.70. The number of fused-ring (bicyclic) bond motifs is 1. The molecule has 108 valence electrons. The molecule has 2 heterocycles. The maximum absolute atomic E-state index is 6.02. The first-order chi connectivity index (χ1) is 9.54. The number of benzene rings is 1. The highest BCUT2D eigenvalue weighted by Gasteiger charge is 2.28. The minimum Gasteiger partial charge on any atom is -0.361 e. The minimum absolute atomic E-state index is 0.377. The first-order valence-electron chi connectivity index (χ1n) is 7.03. The van der Waals surface area contributed by atoms with Gasteiger partial charge >= 0.3 is 0 Å². The second-order valence-electron chi connectivity index (χ2n) is 6.10. The topological polar surface area (TPSA) is 28.2 Å². The molecule has 0 amide bonds. The van der Waals surface area contributed by atoms with Crippen molar-refractivity contribution in [2.24, 2.45) is 5.41 Å². The number of nitrogens with one attached hydrogen (secondary N) is 1. The van der Waals surface area contributed by atoms with Gasteiger partial charge in [0.15, 0.2) is 5.13 Å². The summed E-state index contributed by atoms with van der Waals surface area (Å²) in [6.07, 6.45) is 2.49. The number of nitrogens with zero attached hydrogens (tertiary/aromatic N) is 2. The van der Waals surface area contributed by atoms with Crippen LogP contribution in [-0.4, -0.2) is 36.6 Å². The third-order valence-corrected chi connectivity index (χ3v) is 5.42. The fourth-order valence-electron chi connectivity index (χ4n) is 2.60. The van der Waals surface area contributed by atoms with Gasteiger partial charge < -0.3 is 10.2 Å². The van der Waals surface area contributed by atoms with Crippen molar-refractivity contribution in [2.45, 2.75) is 19.8 Å². The average Bonchev–Trinajstić information content (AvgIpc) is 2.82. The third kappa shape index (κ3) is 3.08. The molecule has 5 heteroatoms. The Labute approximate surface area is 128 Å². The summed E-state index contributed by atoms with van der Waals surface area (Å²) < 4.78 is 1.15. The van der Waals surface area contributed by atoms with E-state index in [1.165, 1.54) is 25.9 Å². The summed E-state index contributed by atoms with van der Waals surface area (Å²) in [5, 5.41) is 5.30. The Balaban J connectivity index is 1.67. The summed E-state index contributed by atoms with van der Waals surface area (Å²) in [7, 11) is 2.20. The van der Waals surface area contributed by atoms with Crippen molar-refractivity contribution < 1.29 is 0 Å². The van der Waals surface area contributed by atoms with Gasteiger partial charge in [-0.15, -0.1) is 0 Å². The molecule has 0 saturated carbocycles. The Morgan fingerprint density at radius 1 is 1.40 bits per heavy atom. The lowest BCUT2D eigenvalue weighted by atomic mass is 9.80. The van der Waals surface area contributed by atoms with E-state index in [9.17, 15) is 0 Å². The predicted octanol–water partition coefficient (Wildman–Crippen LogP) is 4.09. The van der Waals surface area contributed by atoms with Crippen LogP contribution in [0.1, 0.15) is 19.8 Å². The van der Waals surface area contributed by atoms with Crippen LogP contribution in [0.5, 0.6) is 0 Å². The van der Waals surface area contributed by atoms with Gasteiger partial charge in [-0.05, 0) is 56.6 Å². The monoisotopic (exact) mass is 309 g/mol. The molecule has 0 aliphatic carbocycles. The Kier molecular flexibility index (Phi) is 3.89. The zero-order chi connectivity index (χ0) is 14.2. The van der Waals surface area contributed by atoms with Crippen LogP contribution in [0.3, 0.4) is 0 Å². The molecule has 3 rings (SSSR count). The van der Waals surface area contributed by atoms with Crippen molar-refractivity contribution in [1.82, 2.24) is 9.88 Å². The fraction of sp³-hybridized carbons (Fsp3) is 0.533. The minimum atomic E-state index is 0.377. The van der Waals surface area contributed by atoms with Crippen LogP contribution in [0.4, 0.5) is 5.13 Å². The lowest BCUT2D eigenvalue weighted by Crippen LogP contribution is -2.40. The Hall–Kier alpha value is -0.840. The normalized spacial score (nSPS) is 19.4. The van der Waals surface area contributed by atoms with E-state index in [2.05, 4.69) is 29.2 Å². The van der Waals surface area contributed by atoms with E-state index in [0.717, 1.165) is 26.9 Å². The Bertz CT molecular complexity index is 602. The zero-order valence-electron chi connectivity index (χ0n) is 11.9. The molecule has 0 bridgehead atoms. The Morgan fingerprint density at radius 2 is 2.15 bits per heavy atom. The number of aromatic nitrogens is 1. The van der Waals surface area contributed by atoms with Crippen molar-refractivity contribution in [3.63, 3.8) is 0 Å². The number of likely N-dealkylation sites (tertiary alicyclic amines) is 1. The highest BCUT2D eigenvalue weighted by molar-refractivity contribution is 7.22. The first kappa shape index (κ1) is 14.1. The van der Waals surface area contributed by atoms with Crippen LogP contribution in [0.2, 0.25) is 5.02 Å². The lowest BCUT2D eigenvalue weighted by Gasteiger charge is -2.37. The molecular weight excluding hydrogens is 290 g/mol. The molecule has 0 radical (unpaired) electrons. The summed E-state index contributed by atoms with van der Waals surface area (Å²) in [6.45, 7) is 5.74. The number of thiazole rings is 1. The van der Waals surface area contributed by atoms with Gasteiger partial charge in [-0.25, -0.2) is 4.98 Å². The van der Waals surface area contributed by atoms with Crippen molar-refractivity contribution in [3.8, 4) is 0 Å². The van der Waals surface area contributed by atoms with E-state index in [0.29, 0.717) is 5.41 Å². The molecule has 1 N–H and O–H groups in total. The third-order valence-electron chi connectivity index (χ3n) is 4.21. The van der Waals surface area contributed by atoms with Crippen molar-refractivity contribution in [3.05, 3.63) is 23.2 Å². The van der Waals surface area contributed by atoms with E-state index in [-0.39, 0.29) is 0 Å². The molecule has 1 aromatic heterocycles. The van der Waals surface area contributed by atoms with E-state index >= 15 is 0 Å². The molecule has 0 spiro atoms. The van der Waals surface area contributed by atoms with Gasteiger partial charge in [0.2, 0.25) is 0 Å². The van der Waals surface area contributed by atoms with E-state index in [1.807, 2.05) is 18.2 Å². The molecule has 1 aromatic carbocycles. The molecular formula is C15H20ClN3S. The molecule has 20 heavy (non-hydrogen) atoms. The molecule has 0 atom stereocenters. The molecule has 1 aliphatic rings. The first-order valence-corrected chi connectivity index (χ1v) is 8.22. The Morgan fingerprint density at radius 3 is 2.90 bits per heavy atom. The highest BCUT2D eigenvalue weighted by Crippen LogP contribution is 2.33. The molecule has 1 saturated heterocycles. The number of hydrogen-bond acceptors (Lipinski definition) is 4. The SMILES string of the molecule is CN1CCC(C)(CNc2nc3ccc(Cl)cc3s2)CC1. The highest BCUT2D eigenvalue weighted by atomic mass is 35.5. The summed E-state index contributed by atoms with van der Waals surface area (Å²) in [4.78, 5) is 7.03. The second kappa shape index (κ2) is 5.51. The smallest absolute Gasteiger partial charge is 0.183 e. The number of piperidine rings is 1. The lowest BCUT2D eigenvalue weighted by molar-refractivity contribution is 0.150. The molecule has 0 unspecified atom stereocenters. The van der Waals surface area contributed by atoms with Crippen LogP contribution in [-0.2, 0) is 0 Å². The maximum atomic E-state index is 6.02. The molecule has 1 aliphatic heterocycles. The van der Waals surface area contributed by atoms with Crippen molar-refractivity contribution in [1.29, 1.82) is 0 Å². The second-order valence-corrected chi connectivity index (χ2v) is 7.57. The fourth-order valence-corrected chi connectivity index (χ4v) is 3.74. The van der Waals surface area contributed by atoms with Crippen molar-refractivity contribution in [2.75, 3.05) is 32.0 Å². The van der Waals surface area contributed by atoms with Crippen LogP contribution in [0.15, 0.2) is 18.2 Å². The summed E-state index contributed by atoms with van der Waals surface area (Å²) in [5.74, 6) is 0. The molecule has 3 nitrogen and oxygen atoms in total. The maximum Gasteiger partial charge on any atom is 0.183 e. The zero-order valence-corrected chi connectivity index (χ0v) is 13.5. The van der Waals surface area contributed by atoms with Crippen LogP contribution >= 0.6 is 22.9 Å². The van der Waals surface area contributed by atoms with E-state index in [4.69, 9.17) is 11.6 Å². The van der Waals surface area contributed by atoms with Gasteiger partial charge in [-0.1, -0.05) is 29.9 Å². The molecule has 1 fully saturated rings. The van der Waals surface area contributed by atoms with Gasteiger partial charge in [0.25, 0.3) is 0 Å². The van der Waals surface area contributed by atoms with Crippen LogP contribution < -0.4 is 5.32 Å². The largest absolute Gasteiger partial charge is 0.361 e. The number of rotatable bonds is 3.